The average molecular weight is 328 g/mol. The van der Waals surface area contributed by atoms with Gasteiger partial charge in [0.25, 0.3) is 0 Å². The monoisotopic (exact) mass is 327 g/mol. The summed E-state index contributed by atoms with van der Waals surface area (Å²) in [5.41, 5.74) is 1.74. The van der Waals surface area contributed by atoms with E-state index in [4.69, 9.17) is 4.74 Å². The minimum atomic E-state index is -0.0606. The van der Waals surface area contributed by atoms with E-state index in [0.29, 0.717) is 26.2 Å². The number of hydrogen-bond donors (Lipinski definition) is 3. The maximum absolute atomic E-state index is 11.9. The van der Waals surface area contributed by atoms with Crippen molar-refractivity contribution < 1.29 is 14.3 Å². The summed E-state index contributed by atoms with van der Waals surface area (Å²) >= 11 is 0. The summed E-state index contributed by atoms with van der Waals surface area (Å²) in [5, 5.41) is 8.83. The number of rotatable bonds is 5. The highest BCUT2D eigenvalue weighted by molar-refractivity contribution is 5.91. The molecule has 1 aromatic rings. The second-order valence-electron chi connectivity index (χ2n) is 5.08. The third-order valence-electron chi connectivity index (χ3n) is 3.21. The van der Waals surface area contributed by atoms with Crippen molar-refractivity contribution in [3.8, 4) is 0 Å². The number of nitrogens with one attached hydrogen (secondary N) is 3. The highest BCUT2D eigenvalue weighted by Gasteiger charge is 2.16. The smallest absolute Gasteiger partial charge is 0.226 e. The van der Waals surface area contributed by atoms with Gasteiger partial charge in [-0.3, -0.25) is 9.59 Å². The van der Waals surface area contributed by atoms with Crippen molar-refractivity contribution in [3.63, 3.8) is 0 Å². The molecular weight excluding hydrogens is 306 g/mol. The number of anilines is 1. The van der Waals surface area contributed by atoms with Crippen molar-refractivity contribution in [3.05, 3.63) is 29.8 Å². The first kappa shape index (κ1) is 18.4. The highest BCUT2D eigenvalue weighted by Crippen LogP contribution is 2.10. The van der Waals surface area contributed by atoms with Gasteiger partial charge in [-0.15, -0.1) is 12.4 Å². The number of carbonyl (C=O) groups excluding carboxylic acids is 2. The quantitative estimate of drug-likeness (QED) is 0.755. The molecule has 0 spiro atoms. The van der Waals surface area contributed by atoms with Crippen LogP contribution in [-0.4, -0.2) is 37.6 Å². The van der Waals surface area contributed by atoms with Gasteiger partial charge in [0.15, 0.2) is 0 Å². The van der Waals surface area contributed by atoms with E-state index >= 15 is 0 Å². The molecule has 1 fully saturated rings. The molecule has 0 saturated carbocycles. The maximum atomic E-state index is 11.9. The first-order valence-electron chi connectivity index (χ1n) is 7.08. The lowest BCUT2D eigenvalue weighted by molar-refractivity contribution is -0.119. The molecule has 2 rings (SSSR count). The third-order valence-corrected chi connectivity index (χ3v) is 3.21. The van der Waals surface area contributed by atoms with E-state index in [1.807, 2.05) is 24.3 Å². The first-order valence-corrected chi connectivity index (χ1v) is 7.08. The van der Waals surface area contributed by atoms with Crippen LogP contribution in [-0.2, 0) is 20.9 Å². The Balaban J connectivity index is 0.00000242. The fourth-order valence-corrected chi connectivity index (χ4v) is 2.12. The van der Waals surface area contributed by atoms with Crippen molar-refractivity contribution in [1.29, 1.82) is 0 Å². The zero-order valence-electron chi connectivity index (χ0n) is 12.6. The van der Waals surface area contributed by atoms with E-state index in [9.17, 15) is 9.59 Å². The molecule has 2 amide bonds. The zero-order chi connectivity index (χ0) is 15.1. The average Bonchev–Trinajstić information content (AvgIpc) is 2.47. The van der Waals surface area contributed by atoms with Crippen LogP contribution in [0.2, 0.25) is 0 Å². The zero-order valence-corrected chi connectivity index (χ0v) is 13.4. The fraction of sp³-hybridized carbons (Fsp3) is 0.467. The number of halogens is 1. The SMILES string of the molecule is CC(=O)NCc1ccc(NC(=O)CC2COCCN2)cc1.Cl. The number of hydrogen-bond acceptors (Lipinski definition) is 4. The summed E-state index contributed by atoms with van der Waals surface area (Å²) in [6, 6.07) is 7.51. The van der Waals surface area contributed by atoms with E-state index < -0.39 is 0 Å². The molecule has 1 aromatic carbocycles. The molecule has 0 aromatic heterocycles. The van der Waals surface area contributed by atoms with E-state index in [1.165, 1.54) is 6.92 Å². The second-order valence-corrected chi connectivity index (χ2v) is 5.08. The summed E-state index contributed by atoms with van der Waals surface area (Å²) < 4.78 is 5.32. The number of benzene rings is 1. The fourth-order valence-electron chi connectivity index (χ4n) is 2.12. The predicted molar refractivity (Wildman–Crippen MR) is 87.1 cm³/mol. The number of morpholine rings is 1. The largest absolute Gasteiger partial charge is 0.378 e. The molecular formula is C15H22ClN3O3. The third kappa shape index (κ3) is 6.43. The van der Waals surface area contributed by atoms with Crippen LogP contribution < -0.4 is 16.0 Å². The molecule has 1 atom stereocenters. The molecule has 122 valence electrons. The van der Waals surface area contributed by atoms with E-state index in [-0.39, 0.29) is 30.3 Å². The van der Waals surface area contributed by atoms with Gasteiger partial charge in [0.05, 0.1) is 13.2 Å². The predicted octanol–water partition coefficient (Wildman–Crippen LogP) is 1.06. The number of carbonyl (C=O) groups is 2. The van der Waals surface area contributed by atoms with Crippen molar-refractivity contribution in [2.24, 2.45) is 0 Å². The molecule has 1 saturated heterocycles. The topological polar surface area (TPSA) is 79.5 Å². The molecule has 0 radical (unpaired) electrons. The van der Waals surface area contributed by atoms with Gasteiger partial charge in [-0.2, -0.15) is 0 Å². The molecule has 7 heteroatoms. The van der Waals surface area contributed by atoms with Crippen LogP contribution in [0.3, 0.4) is 0 Å². The Morgan fingerprint density at radius 2 is 2.05 bits per heavy atom. The van der Waals surface area contributed by atoms with Gasteiger partial charge in [0, 0.05) is 38.2 Å². The maximum Gasteiger partial charge on any atom is 0.226 e. The molecule has 22 heavy (non-hydrogen) atoms. The molecule has 1 aliphatic heterocycles. The van der Waals surface area contributed by atoms with E-state index in [1.54, 1.807) is 0 Å². The summed E-state index contributed by atoms with van der Waals surface area (Å²) in [5.74, 6) is -0.0952. The molecule has 1 heterocycles. The van der Waals surface area contributed by atoms with Crippen molar-refractivity contribution >= 4 is 29.9 Å². The van der Waals surface area contributed by atoms with Gasteiger partial charge in [-0.1, -0.05) is 12.1 Å². The van der Waals surface area contributed by atoms with Gasteiger partial charge < -0.3 is 20.7 Å². The van der Waals surface area contributed by atoms with Gasteiger partial charge >= 0.3 is 0 Å². The lowest BCUT2D eigenvalue weighted by Crippen LogP contribution is -2.43. The van der Waals surface area contributed by atoms with Crippen molar-refractivity contribution in [2.75, 3.05) is 25.1 Å². The van der Waals surface area contributed by atoms with Crippen LogP contribution in [0.5, 0.6) is 0 Å². The molecule has 3 N–H and O–H groups in total. The molecule has 1 unspecified atom stereocenters. The van der Waals surface area contributed by atoms with Gasteiger partial charge in [-0.05, 0) is 17.7 Å². The molecule has 6 nitrogen and oxygen atoms in total. The standard InChI is InChI=1S/C15H21N3O3.ClH/c1-11(19)17-9-12-2-4-13(5-3-12)18-15(20)8-14-10-21-7-6-16-14;/h2-5,14,16H,6-10H2,1H3,(H,17,19)(H,18,20);1H. The minimum absolute atomic E-state index is 0. The second kappa shape index (κ2) is 9.40. The van der Waals surface area contributed by atoms with Crippen LogP contribution >= 0.6 is 12.4 Å². The lowest BCUT2D eigenvalue weighted by atomic mass is 10.1. The molecule has 0 bridgehead atoms. The van der Waals surface area contributed by atoms with Crippen molar-refractivity contribution in [1.82, 2.24) is 10.6 Å². The van der Waals surface area contributed by atoms with Crippen LogP contribution in [0.4, 0.5) is 5.69 Å². The van der Waals surface area contributed by atoms with Crippen LogP contribution in [0.15, 0.2) is 24.3 Å². The first-order chi connectivity index (χ1) is 10.1. The Hall–Kier alpha value is -1.63. The van der Waals surface area contributed by atoms with Crippen LogP contribution in [0.1, 0.15) is 18.9 Å². The summed E-state index contributed by atoms with van der Waals surface area (Å²) in [6.45, 7) is 4.04. The Labute approximate surface area is 136 Å². The van der Waals surface area contributed by atoms with Crippen LogP contribution in [0.25, 0.3) is 0 Å². The Morgan fingerprint density at radius 1 is 1.32 bits per heavy atom. The number of ether oxygens (including phenoxy) is 1. The Bertz CT molecular complexity index is 487. The minimum Gasteiger partial charge on any atom is -0.378 e. The molecule has 0 aliphatic carbocycles. The normalized spacial score (nSPS) is 17.2. The van der Waals surface area contributed by atoms with Crippen molar-refractivity contribution in [2.45, 2.75) is 25.9 Å². The van der Waals surface area contributed by atoms with Gasteiger partial charge in [-0.25, -0.2) is 0 Å². The van der Waals surface area contributed by atoms with Crippen LogP contribution in [0, 0.1) is 0 Å². The summed E-state index contributed by atoms with van der Waals surface area (Å²) in [7, 11) is 0. The van der Waals surface area contributed by atoms with E-state index in [2.05, 4.69) is 16.0 Å². The lowest BCUT2D eigenvalue weighted by Gasteiger charge is -2.23. The Morgan fingerprint density at radius 3 is 2.64 bits per heavy atom. The number of amides is 2. The van der Waals surface area contributed by atoms with Gasteiger partial charge in [0.1, 0.15) is 0 Å². The van der Waals surface area contributed by atoms with Gasteiger partial charge in [0.2, 0.25) is 11.8 Å². The highest BCUT2D eigenvalue weighted by atomic mass is 35.5. The summed E-state index contributed by atoms with van der Waals surface area (Å²) in [6.07, 6.45) is 0.396. The Kier molecular flexibility index (Phi) is 7.87. The summed E-state index contributed by atoms with van der Waals surface area (Å²) in [4.78, 5) is 22.8. The van der Waals surface area contributed by atoms with E-state index in [0.717, 1.165) is 17.8 Å². The molecule has 1 aliphatic rings.